The molecule has 2 aromatic heterocycles. The fourth-order valence-corrected chi connectivity index (χ4v) is 2.17. The molecular weight excluding hydrogens is 252 g/mol. The maximum absolute atomic E-state index is 5.31. The zero-order valence-corrected chi connectivity index (χ0v) is 11.5. The number of aromatic nitrogens is 3. The van der Waals surface area contributed by atoms with E-state index in [0.717, 1.165) is 34.9 Å². The first-order valence-electron chi connectivity index (χ1n) is 6.47. The van der Waals surface area contributed by atoms with E-state index in [4.69, 9.17) is 4.42 Å². The maximum Gasteiger partial charge on any atom is 0.181 e. The second kappa shape index (κ2) is 5.21. The van der Waals surface area contributed by atoms with Crippen molar-refractivity contribution in [3.8, 4) is 11.3 Å². The summed E-state index contributed by atoms with van der Waals surface area (Å²) in [6.07, 6.45) is 3.15. The van der Waals surface area contributed by atoms with Crippen LogP contribution in [0.3, 0.4) is 0 Å². The van der Waals surface area contributed by atoms with Crippen LogP contribution in [-0.4, -0.2) is 15.2 Å². The summed E-state index contributed by atoms with van der Waals surface area (Å²) in [5, 5.41) is 10.6. The van der Waals surface area contributed by atoms with E-state index in [1.165, 1.54) is 12.0 Å². The number of rotatable bonds is 4. The maximum atomic E-state index is 5.31. The first-order chi connectivity index (χ1) is 9.74. The first-order valence-corrected chi connectivity index (χ1v) is 6.47. The van der Waals surface area contributed by atoms with Gasteiger partial charge in [-0.2, -0.15) is 5.10 Å². The van der Waals surface area contributed by atoms with Gasteiger partial charge < -0.3 is 9.73 Å². The normalized spacial score (nSPS) is 10.7. The van der Waals surface area contributed by atoms with Crippen LogP contribution in [0.5, 0.6) is 0 Å². The van der Waals surface area contributed by atoms with Crippen LogP contribution >= 0.6 is 0 Å². The molecule has 5 nitrogen and oxygen atoms in total. The Morgan fingerprint density at radius 3 is 2.90 bits per heavy atom. The van der Waals surface area contributed by atoms with Gasteiger partial charge in [0.1, 0.15) is 0 Å². The average molecular weight is 268 g/mol. The van der Waals surface area contributed by atoms with Crippen molar-refractivity contribution in [3.05, 3.63) is 53.8 Å². The van der Waals surface area contributed by atoms with Crippen LogP contribution in [-0.2, 0) is 6.54 Å². The molecule has 0 unspecified atom stereocenters. The number of hydrogen-bond acceptors (Lipinski definition) is 4. The highest BCUT2D eigenvalue weighted by molar-refractivity contribution is 5.63. The van der Waals surface area contributed by atoms with Crippen LogP contribution < -0.4 is 5.32 Å². The molecular formula is C15H16N4O. The lowest BCUT2D eigenvalue weighted by Gasteiger charge is -2.07. The Hall–Kier alpha value is -2.56. The SMILES string of the molecule is Cc1n[nH]c(C)c1CNc1cccc(-c2cnco2)c1. The zero-order valence-electron chi connectivity index (χ0n) is 11.5. The van der Waals surface area contributed by atoms with Gasteiger partial charge in [-0.15, -0.1) is 0 Å². The Balaban J connectivity index is 1.77. The van der Waals surface area contributed by atoms with Crippen LogP contribution in [0.25, 0.3) is 11.3 Å². The fourth-order valence-electron chi connectivity index (χ4n) is 2.17. The number of aryl methyl sites for hydroxylation is 2. The van der Waals surface area contributed by atoms with Gasteiger partial charge in [0.05, 0.1) is 11.9 Å². The first kappa shape index (κ1) is 12.5. The third-order valence-corrected chi connectivity index (χ3v) is 3.33. The molecule has 3 aromatic rings. The summed E-state index contributed by atoms with van der Waals surface area (Å²) >= 11 is 0. The predicted octanol–water partition coefficient (Wildman–Crippen LogP) is 3.29. The standard InChI is InChI=1S/C15H16N4O/c1-10-14(11(2)19-18-10)7-17-13-5-3-4-12(6-13)15-8-16-9-20-15/h3-6,8-9,17H,7H2,1-2H3,(H,18,19). The van der Waals surface area contributed by atoms with Crippen molar-refractivity contribution in [3.63, 3.8) is 0 Å². The molecule has 2 N–H and O–H groups in total. The number of hydrogen-bond donors (Lipinski definition) is 2. The Labute approximate surface area is 117 Å². The summed E-state index contributed by atoms with van der Waals surface area (Å²) in [5.41, 5.74) is 5.38. The number of nitrogens with one attached hydrogen (secondary N) is 2. The van der Waals surface area contributed by atoms with Gasteiger partial charge in [0.15, 0.2) is 12.2 Å². The lowest BCUT2D eigenvalue weighted by atomic mass is 10.1. The molecule has 0 saturated heterocycles. The van der Waals surface area contributed by atoms with Crippen LogP contribution in [0.2, 0.25) is 0 Å². The van der Waals surface area contributed by atoms with E-state index in [2.05, 4.69) is 20.5 Å². The molecule has 0 fully saturated rings. The van der Waals surface area contributed by atoms with E-state index >= 15 is 0 Å². The van der Waals surface area contributed by atoms with Crippen molar-refractivity contribution in [2.75, 3.05) is 5.32 Å². The number of H-pyrrole nitrogens is 1. The van der Waals surface area contributed by atoms with Crippen LogP contribution in [0, 0.1) is 13.8 Å². The smallest absolute Gasteiger partial charge is 0.181 e. The molecule has 1 aromatic carbocycles. The minimum Gasteiger partial charge on any atom is -0.444 e. The molecule has 0 aliphatic heterocycles. The minimum atomic E-state index is 0.744. The predicted molar refractivity (Wildman–Crippen MR) is 77.3 cm³/mol. The van der Waals surface area contributed by atoms with Crippen molar-refractivity contribution < 1.29 is 4.42 Å². The third-order valence-electron chi connectivity index (χ3n) is 3.33. The molecule has 0 spiro atoms. The third kappa shape index (κ3) is 2.42. The van der Waals surface area contributed by atoms with Gasteiger partial charge in [0.25, 0.3) is 0 Å². The zero-order chi connectivity index (χ0) is 13.9. The number of benzene rings is 1. The topological polar surface area (TPSA) is 66.7 Å². The van der Waals surface area contributed by atoms with E-state index in [0.29, 0.717) is 0 Å². The Kier molecular flexibility index (Phi) is 3.25. The van der Waals surface area contributed by atoms with E-state index in [1.54, 1.807) is 6.20 Å². The molecule has 0 atom stereocenters. The lowest BCUT2D eigenvalue weighted by Crippen LogP contribution is -2.01. The summed E-state index contributed by atoms with van der Waals surface area (Å²) in [7, 11) is 0. The summed E-state index contributed by atoms with van der Waals surface area (Å²) in [4.78, 5) is 3.94. The van der Waals surface area contributed by atoms with Gasteiger partial charge in [0, 0.05) is 29.1 Å². The van der Waals surface area contributed by atoms with Crippen LogP contribution in [0.4, 0.5) is 5.69 Å². The average Bonchev–Trinajstić information content (AvgIpc) is 3.09. The fraction of sp³-hybridized carbons (Fsp3) is 0.200. The van der Waals surface area contributed by atoms with Crippen molar-refractivity contribution in [1.29, 1.82) is 0 Å². The number of oxazole rings is 1. The molecule has 0 radical (unpaired) electrons. The van der Waals surface area contributed by atoms with Crippen LogP contribution in [0.15, 0.2) is 41.3 Å². The largest absolute Gasteiger partial charge is 0.444 e. The Morgan fingerprint density at radius 2 is 2.20 bits per heavy atom. The molecule has 0 aliphatic rings. The highest BCUT2D eigenvalue weighted by atomic mass is 16.3. The van der Waals surface area contributed by atoms with Crippen molar-refractivity contribution in [2.45, 2.75) is 20.4 Å². The highest BCUT2D eigenvalue weighted by Crippen LogP contribution is 2.22. The second-order valence-electron chi connectivity index (χ2n) is 4.71. The van der Waals surface area contributed by atoms with Gasteiger partial charge >= 0.3 is 0 Å². The molecule has 0 saturated carbocycles. The van der Waals surface area contributed by atoms with E-state index in [-0.39, 0.29) is 0 Å². The molecule has 0 bridgehead atoms. The quantitative estimate of drug-likeness (QED) is 0.762. The second-order valence-corrected chi connectivity index (χ2v) is 4.71. The number of aromatic amines is 1. The molecule has 0 aliphatic carbocycles. The van der Waals surface area contributed by atoms with E-state index in [9.17, 15) is 0 Å². The van der Waals surface area contributed by atoms with Crippen molar-refractivity contribution >= 4 is 5.69 Å². The molecule has 2 heterocycles. The van der Waals surface area contributed by atoms with Gasteiger partial charge in [-0.25, -0.2) is 4.98 Å². The van der Waals surface area contributed by atoms with Gasteiger partial charge in [-0.1, -0.05) is 12.1 Å². The Bertz CT molecular complexity index is 681. The number of anilines is 1. The van der Waals surface area contributed by atoms with Gasteiger partial charge in [-0.05, 0) is 26.0 Å². The number of nitrogens with zero attached hydrogens (tertiary/aromatic N) is 2. The Morgan fingerprint density at radius 1 is 1.30 bits per heavy atom. The van der Waals surface area contributed by atoms with Crippen molar-refractivity contribution in [2.24, 2.45) is 0 Å². The molecule has 0 amide bonds. The van der Waals surface area contributed by atoms with E-state index in [1.807, 2.05) is 38.1 Å². The monoisotopic (exact) mass is 268 g/mol. The summed E-state index contributed by atoms with van der Waals surface area (Å²) in [6, 6.07) is 8.07. The van der Waals surface area contributed by atoms with Crippen LogP contribution in [0.1, 0.15) is 17.0 Å². The molecule has 20 heavy (non-hydrogen) atoms. The molecule has 3 rings (SSSR count). The summed E-state index contributed by atoms with van der Waals surface area (Å²) in [5.74, 6) is 0.768. The lowest BCUT2D eigenvalue weighted by molar-refractivity contribution is 0.572. The van der Waals surface area contributed by atoms with Gasteiger partial charge in [-0.3, -0.25) is 5.10 Å². The highest BCUT2D eigenvalue weighted by Gasteiger charge is 2.06. The minimum absolute atomic E-state index is 0.744. The van der Waals surface area contributed by atoms with Gasteiger partial charge in [0.2, 0.25) is 0 Å². The molecule has 102 valence electrons. The van der Waals surface area contributed by atoms with E-state index < -0.39 is 0 Å². The summed E-state index contributed by atoms with van der Waals surface area (Å²) in [6.45, 7) is 4.78. The van der Waals surface area contributed by atoms with Crippen molar-refractivity contribution in [1.82, 2.24) is 15.2 Å². The summed E-state index contributed by atoms with van der Waals surface area (Å²) < 4.78 is 5.31. The molecule has 5 heteroatoms.